The molecule has 6 atom stereocenters. The molecular formula is C34H45ClN2O4S. The minimum Gasteiger partial charge on any atom is -0.593 e. The van der Waals surface area contributed by atoms with Crippen molar-refractivity contribution in [2.75, 3.05) is 24.6 Å². The van der Waals surface area contributed by atoms with Crippen molar-refractivity contribution in [3.05, 3.63) is 70.3 Å². The number of aliphatic hydroxyl groups excluding tert-OH is 1. The molecule has 228 valence electrons. The summed E-state index contributed by atoms with van der Waals surface area (Å²) in [7, 11) is 0. The fraction of sp³-hybridized carbons (Fsp3) is 0.559. The molecular weight excluding hydrogens is 568 g/mol. The number of rotatable bonds is 5. The van der Waals surface area contributed by atoms with Gasteiger partial charge in [0.1, 0.15) is 11.0 Å². The lowest BCUT2D eigenvalue weighted by atomic mass is 9.70. The van der Waals surface area contributed by atoms with Gasteiger partial charge >= 0.3 is 0 Å². The average Bonchev–Trinajstić information content (AvgIpc) is 3.11. The molecule has 6 nitrogen and oxygen atoms in total. The predicted octanol–water partition coefficient (Wildman–Crippen LogP) is 6.82. The number of amides is 1. The molecule has 2 aromatic rings. The van der Waals surface area contributed by atoms with Crippen LogP contribution in [0.2, 0.25) is 5.02 Å². The van der Waals surface area contributed by atoms with Crippen molar-refractivity contribution < 1.29 is 19.2 Å². The Labute approximate surface area is 259 Å². The predicted molar refractivity (Wildman–Crippen MR) is 172 cm³/mol. The zero-order valence-corrected chi connectivity index (χ0v) is 26.6. The number of fused-ring (bicyclic) bond motifs is 2. The number of nitrogens with one attached hydrogen (secondary N) is 1. The second-order valence-electron chi connectivity index (χ2n) is 12.7. The van der Waals surface area contributed by atoms with Crippen LogP contribution in [0.15, 0.2) is 48.6 Å². The number of anilines is 1. The Morgan fingerprint density at radius 1 is 1.17 bits per heavy atom. The Morgan fingerprint density at radius 2 is 2.00 bits per heavy atom. The summed E-state index contributed by atoms with van der Waals surface area (Å²) in [6.45, 7) is 8.42. The number of hydrogen-bond acceptors (Lipinski definition) is 5. The summed E-state index contributed by atoms with van der Waals surface area (Å²) < 4.78 is 22.6. The fourth-order valence-electron chi connectivity index (χ4n) is 6.74. The highest BCUT2D eigenvalue weighted by atomic mass is 35.5. The van der Waals surface area contributed by atoms with Gasteiger partial charge in [-0.25, -0.2) is 0 Å². The SMILES string of the molecule is CCCc1cc(Cl)ccc1C1COc2ccc3cc2N(C1)CC1CCC1C(O)/C=C/CC[C@H](CC(C)C)[S+]([O-])NC3=O. The molecule has 1 saturated carbocycles. The molecule has 1 amide bonds. The van der Waals surface area contributed by atoms with E-state index in [-0.39, 0.29) is 23.0 Å². The highest BCUT2D eigenvalue weighted by Crippen LogP contribution is 2.42. The van der Waals surface area contributed by atoms with Crippen LogP contribution in [0.1, 0.15) is 86.7 Å². The van der Waals surface area contributed by atoms with Crippen LogP contribution < -0.4 is 14.4 Å². The van der Waals surface area contributed by atoms with E-state index in [1.54, 1.807) is 6.07 Å². The van der Waals surface area contributed by atoms with Crippen molar-refractivity contribution in [2.24, 2.45) is 17.8 Å². The standard InChI is InChI=1S/C34H45ClN2O4S/c1-4-7-23-17-27(35)12-14-29(23)26-20-37-19-25-10-13-30(25)32(38)9-6-5-8-28(16-22(2)3)42(40)36-34(39)24-11-15-33(41-21-26)31(37)18-24/h6,9,11-12,14-15,17-18,22,25-26,28,30,32,38H,4-5,7-8,10,13,16,19-21H2,1-3H3,(H,36,39)/b9-6+/t25?,26?,28-,30?,32?,42?/m1/s1. The van der Waals surface area contributed by atoms with E-state index in [2.05, 4.69) is 42.5 Å². The number of allylic oxidation sites excluding steroid dienone is 1. The van der Waals surface area contributed by atoms with E-state index in [1.807, 2.05) is 30.4 Å². The maximum Gasteiger partial charge on any atom is 0.292 e. The van der Waals surface area contributed by atoms with Crippen LogP contribution in [0.4, 0.5) is 5.69 Å². The van der Waals surface area contributed by atoms with E-state index >= 15 is 0 Å². The molecule has 1 aliphatic carbocycles. The number of aliphatic hydroxyl groups is 1. The first-order chi connectivity index (χ1) is 20.2. The van der Waals surface area contributed by atoms with Gasteiger partial charge in [-0.2, -0.15) is 4.72 Å². The summed E-state index contributed by atoms with van der Waals surface area (Å²) in [5.74, 6) is 1.43. The first-order valence-corrected chi connectivity index (χ1v) is 17.2. The van der Waals surface area contributed by atoms with Crippen molar-refractivity contribution in [1.29, 1.82) is 0 Å². The third-order valence-corrected chi connectivity index (χ3v) is 10.8. The molecule has 0 aromatic heterocycles. The average molecular weight is 613 g/mol. The maximum absolute atomic E-state index is 13.4. The largest absolute Gasteiger partial charge is 0.593 e. The van der Waals surface area contributed by atoms with Crippen molar-refractivity contribution in [3.63, 3.8) is 0 Å². The van der Waals surface area contributed by atoms with Crippen LogP contribution in [0.25, 0.3) is 0 Å². The summed E-state index contributed by atoms with van der Waals surface area (Å²) in [6.07, 6.45) is 9.67. The molecule has 5 rings (SSSR count). The summed E-state index contributed by atoms with van der Waals surface area (Å²) >= 11 is 4.88. The van der Waals surface area contributed by atoms with Crippen LogP contribution in [0, 0.1) is 17.8 Å². The van der Waals surface area contributed by atoms with Crippen LogP contribution in [-0.4, -0.2) is 46.6 Å². The van der Waals surface area contributed by atoms with E-state index in [4.69, 9.17) is 16.3 Å². The van der Waals surface area contributed by atoms with Crippen molar-refractivity contribution in [1.82, 2.24) is 4.72 Å². The van der Waals surface area contributed by atoms with Crippen molar-refractivity contribution in [3.8, 4) is 5.75 Å². The number of nitrogens with zero attached hydrogens (tertiary/aromatic N) is 1. The van der Waals surface area contributed by atoms with E-state index in [1.165, 1.54) is 11.1 Å². The Kier molecular flexibility index (Phi) is 10.5. The second-order valence-corrected chi connectivity index (χ2v) is 14.6. The molecule has 8 heteroatoms. The highest BCUT2D eigenvalue weighted by Gasteiger charge is 2.38. The van der Waals surface area contributed by atoms with Gasteiger partial charge < -0.3 is 19.3 Å². The van der Waals surface area contributed by atoms with Crippen LogP contribution in [-0.2, 0) is 17.8 Å². The Hall–Kier alpha value is -2.19. The summed E-state index contributed by atoms with van der Waals surface area (Å²) in [5.41, 5.74) is 3.86. The van der Waals surface area contributed by atoms with Gasteiger partial charge in [0.05, 0.1) is 29.8 Å². The van der Waals surface area contributed by atoms with Gasteiger partial charge in [-0.1, -0.05) is 57.0 Å². The molecule has 1 fully saturated rings. The van der Waals surface area contributed by atoms with Gasteiger partial charge in [0.2, 0.25) is 0 Å². The zero-order chi connectivity index (χ0) is 29.8. The number of hydrogen-bond donors (Lipinski definition) is 2. The van der Waals surface area contributed by atoms with Crippen molar-refractivity contribution in [2.45, 2.75) is 83.0 Å². The van der Waals surface area contributed by atoms with Gasteiger partial charge in [-0.05, 0) is 91.3 Å². The lowest BCUT2D eigenvalue weighted by Gasteiger charge is -2.42. The lowest BCUT2D eigenvalue weighted by Crippen LogP contribution is -2.44. The zero-order valence-electron chi connectivity index (χ0n) is 25.1. The molecule has 2 aromatic carbocycles. The Balaban J connectivity index is 1.50. The van der Waals surface area contributed by atoms with Gasteiger partial charge in [-0.3, -0.25) is 4.79 Å². The highest BCUT2D eigenvalue weighted by molar-refractivity contribution is 7.90. The van der Waals surface area contributed by atoms with Crippen LogP contribution in [0.3, 0.4) is 0 Å². The molecule has 0 radical (unpaired) electrons. The summed E-state index contributed by atoms with van der Waals surface area (Å²) in [4.78, 5) is 15.8. The maximum atomic E-state index is 13.4. The third-order valence-electron chi connectivity index (χ3n) is 9.10. The first-order valence-electron chi connectivity index (χ1n) is 15.6. The van der Waals surface area contributed by atoms with Crippen molar-refractivity contribution >= 4 is 34.6 Å². The monoisotopic (exact) mass is 612 g/mol. The number of benzene rings is 2. The number of aryl methyl sites for hydroxylation is 1. The number of ether oxygens (including phenoxy) is 1. The molecule has 0 spiro atoms. The topological polar surface area (TPSA) is 84.9 Å². The molecule has 2 bridgehead atoms. The Morgan fingerprint density at radius 3 is 2.74 bits per heavy atom. The number of carbonyl (C=O) groups is 1. The molecule has 2 N–H and O–H groups in total. The molecule has 2 aliphatic heterocycles. The number of halogens is 1. The summed E-state index contributed by atoms with van der Waals surface area (Å²) in [6, 6.07) is 11.7. The van der Waals surface area contributed by atoms with Gasteiger partial charge in [0, 0.05) is 36.0 Å². The van der Waals surface area contributed by atoms with Gasteiger partial charge in [-0.15, -0.1) is 0 Å². The third kappa shape index (κ3) is 7.29. The Bertz CT molecular complexity index is 1270. The first kappa shape index (κ1) is 31.2. The molecule has 42 heavy (non-hydrogen) atoms. The van der Waals surface area contributed by atoms with E-state index in [0.717, 1.165) is 68.1 Å². The van der Waals surface area contributed by atoms with E-state index in [0.29, 0.717) is 30.4 Å². The number of carbonyl (C=O) groups excluding carboxylic acids is 1. The minimum atomic E-state index is -1.52. The van der Waals surface area contributed by atoms with Gasteiger partial charge in [0.25, 0.3) is 5.91 Å². The lowest BCUT2D eigenvalue weighted by molar-refractivity contribution is 0.0461. The smallest absolute Gasteiger partial charge is 0.292 e. The van der Waals surface area contributed by atoms with Crippen LogP contribution >= 0.6 is 11.6 Å². The summed E-state index contributed by atoms with van der Waals surface area (Å²) in [5, 5.41) is 11.7. The molecule has 5 unspecified atom stereocenters. The second kappa shape index (κ2) is 14.1. The van der Waals surface area contributed by atoms with E-state index in [9.17, 15) is 14.5 Å². The normalized spacial score (nSPS) is 29.1. The molecule has 0 saturated heterocycles. The van der Waals surface area contributed by atoms with Crippen LogP contribution in [0.5, 0.6) is 5.75 Å². The quantitative estimate of drug-likeness (QED) is 0.286. The van der Waals surface area contributed by atoms with Gasteiger partial charge in [0.15, 0.2) is 0 Å². The van der Waals surface area contributed by atoms with E-state index < -0.39 is 17.5 Å². The minimum absolute atomic E-state index is 0.117. The fourth-order valence-corrected chi connectivity index (χ4v) is 8.31. The molecule has 3 aliphatic rings. The molecule has 2 heterocycles.